The Morgan fingerprint density at radius 3 is 2.48 bits per heavy atom. The molecule has 2 aromatic carbocycles. The van der Waals surface area contributed by atoms with Gasteiger partial charge in [-0.3, -0.25) is 19.8 Å². The zero-order valence-corrected chi connectivity index (χ0v) is 18.1. The second-order valence-corrected chi connectivity index (χ2v) is 8.87. The Morgan fingerprint density at radius 1 is 1.23 bits per heavy atom. The minimum Gasteiger partial charge on any atom is -0.491 e. The van der Waals surface area contributed by atoms with Crippen LogP contribution < -0.4 is 10.1 Å². The molecule has 0 saturated carbocycles. The van der Waals surface area contributed by atoms with E-state index in [-0.39, 0.29) is 36.3 Å². The fraction of sp³-hybridized carbons (Fsp3) is 0.435. The second-order valence-electron chi connectivity index (χ2n) is 8.87. The quantitative estimate of drug-likeness (QED) is 0.520. The van der Waals surface area contributed by atoms with Gasteiger partial charge in [-0.2, -0.15) is 0 Å². The highest BCUT2D eigenvalue weighted by molar-refractivity contribution is 5.83. The van der Waals surface area contributed by atoms with Crippen molar-refractivity contribution in [1.82, 2.24) is 10.2 Å². The van der Waals surface area contributed by atoms with Gasteiger partial charge in [-0.1, -0.05) is 24.3 Å². The number of amides is 1. The third-order valence-corrected chi connectivity index (χ3v) is 5.08. The molecule has 1 heterocycles. The van der Waals surface area contributed by atoms with Gasteiger partial charge in [-0.15, -0.1) is 0 Å². The number of carbonyl (C=O) groups excluding carboxylic acids is 1. The number of rotatable bonds is 7. The Labute approximate surface area is 182 Å². The summed E-state index contributed by atoms with van der Waals surface area (Å²) in [5.41, 5.74) is 1.92. The number of fused-ring (bicyclic) bond motifs is 1. The lowest BCUT2D eigenvalue weighted by molar-refractivity contribution is -0.384. The van der Waals surface area contributed by atoms with Gasteiger partial charge in [-0.25, -0.2) is 0 Å². The minimum atomic E-state index is -0.828. The Morgan fingerprint density at radius 2 is 1.87 bits per heavy atom. The van der Waals surface area contributed by atoms with Crippen LogP contribution in [-0.2, 0) is 17.8 Å². The molecule has 8 nitrogen and oxygen atoms in total. The maximum Gasteiger partial charge on any atom is 0.269 e. The van der Waals surface area contributed by atoms with Crippen molar-refractivity contribution in [2.24, 2.45) is 0 Å². The van der Waals surface area contributed by atoms with Gasteiger partial charge in [0.2, 0.25) is 5.91 Å². The molecule has 0 aromatic heterocycles. The molecular formula is C23H29N3O5. The van der Waals surface area contributed by atoms with E-state index < -0.39 is 11.0 Å². The molecule has 1 unspecified atom stereocenters. The second kappa shape index (κ2) is 9.45. The first-order valence-corrected chi connectivity index (χ1v) is 10.3. The van der Waals surface area contributed by atoms with E-state index in [0.29, 0.717) is 18.7 Å². The van der Waals surface area contributed by atoms with Crippen molar-refractivity contribution in [3.8, 4) is 5.75 Å². The number of carbonyl (C=O) groups is 1. The van der Waals surface area contributed by atoms with E-state index in [1.807, 2.05) is 49.9 Å². The van der Waals surface area contributed by atoms with Crippen LogP contribution in [0.2, 0.25) is 0 Å². The van der Waals surface area contributed by atoms with Crippen molar-refractivity contribution in [2.45, 2.75) is 51.4 Å². The van der Waals surface area contributed by atoms with E-state index in [4.69, 9.17) is 4.74 Å². The fourth-order valence-electron chi connectivity index (χ4n) is 3.66. The molecule has 166 valence electrons. The van der Waals surface area contributed by atoms with Crippen molar-refractivity contribution in [3.63, 3.8) is 0 Å². The van der Waals surface area contributed by atoms with E-state index in [0.717, 1.165) is 11.1 Å². The van der Waals surface area contributed by atoms with Crippen LogP contribution in [0.3, 0.4) is 0 Å². The highest BCUT2D eigenvalue weighted by Crippen LogP contribution is 2.24. The molecule has 0 radical (unpaired) electrons. The number of hydrogen-bond acceptors (Lipinski definition) is 6. The lowest BCUT2D eigenvalue weighted by atomic mass is 9.92. The summed E-state index contributed by atoms with van der Waals surface area (Å²) in [5, 5.41) is 24.4. The first kappa shape index (κ1) is 22.7. The molecule has 0 aliphatic carbocycles. The van der Waals surface area contributed by atoms with Gasteiger partial charge in [0.15, 0.2) is 0 Å². The van der Waals surface area contributed by atoms with Gasteiger partial charge >= 0.3 is 0 Å². The fourth-order valence-corrected chi connectivity index (χ4v) is 3.66. The summed E-state index contributed by atoms with van der Waals surface area (Å²) >= 11 is 0. The SMILES string of the molecule is CC(C)(C)NC(=O)[C@@H]1Cc2ccccc2CN1CC(O)COc1ccc([N+](=O)[O-])cc1. The number of benzene rings is 2. The van der Waals surface area contributed by atoms with Gasteiger partial charge in [0.05, 0.1) is 11.0 Å². The van der Waals surface area contributed by atoms with Gasteiger partial charge in [0.25, 0.3) is 5.69 Å². The topological polar surface area (TPSA) is 105 Å². The Bertz CT molecular complexity index is 924. The normalized spacial score (nSPS) is 17.5. The Balaban J connectivity index is 1.66. The number of nitro groups is 1. The number of non-ortho nitro benzene ring substituents is 1. The number of ether oxygens (including phenoxy) is 1. The van der Waals surface area contributed by atoms with Crippen LogP contribution >= 0.6 is 0 Å². The maximum atomic E-state index is 13.0. The molecule has 0 saturated heterocycles. The van der Waals surface area contributed by atoms with Crippen LogP contribution in [0.15, 0.2) is 48.5 Å². The predicted molar refractivity (Wildman–Crippen MR) is 117 cm³/mol. The maximum absolute atomic E-state index is 13.0. The number of hydrogen-bond donors (Lipinski definition) is 2. The summed E-state index contributed by atoms with van der Waals surface area (Å²) in [6.45, 7) is 6.68. The number of nitro benzene ring substituents is 1. The first-order chi connectivity index (χ1) is 14.6. The highest BCUT2D eigenvalue weighted by Gasteiger charge is 2.34. The number of nitrogens with one attached hydrogen (secondary N) is 1. The molecule has 0 bridgehead atoms. The number of nitrogens with zero attached hydrogens (tertiary/aromatic N) is 2. The molecule has 31 heavy (non-hydrogen) atoms. The van der Waals surface area contributed by atoms with E-state index in [1.54, 1.807) is 0 Å². The molecule has 1 amide bonds. The lowest BCUT2D eigenvalue weighted by Gasteiger charge is -2.38. The van der Waals surface area contributed by atoms with Gasteiger partial charge in [0.1, 0.15) is 18.5 Å². The first-order valence-electron chi connectivity index (χ1n) is 10.3. The summed E-state index contributed by atoms with van der Waals surface area (Å²) in [5.74, 6) is 0.376. The molecule has 0 fully saturated rings. The number of aliphatic hydroxyl groups excluding tert-OH is 1. The van der Waals surface area contributed by atoms with Crippen LogP contribution in [0.4, 0.5) is 5.69 Å². The average Bonchev–Trinajstić information content (AvgIpc) is 2.70. The number of aliphatic hydroxyl groups is 1. The smallest absolute Gasteiger partial charge is 0.269 e. The molecule has 3 rings (SSSR count). The Hall–Kier alpha value is -2.97. The van der Waals surface area contributed by atoms with E-state index in [2.05, 4.69) is 5.32 Å². The van der Waals surface area contributed by atoms with Crippen molar-refractivity contribution >= 4 is 11.6 Å². The molecule has 0 spiro atoms. The van der Waals surface area contributed by atoms with Crippen LogP contribution in [0.5, 0.6) is 5.75 Å². The summed E-state index contributed by atoms with van der Waals surface area (Å²) < 4.78 is 5.59. The van der Waals surface area contributed by atoms with Crippen molar-refractivity contribution < 1.29 is 19.6 Å². The zero-order valence-electron chi connectivity index (χ0n) is 18.1. The zero-order chi connectivity index (χ0) is 22.6. The average molecular weight is 428 g/mol. The summed E-state index contributed by atoms with van der Waals surface area (Å²) in [7, 11) is 0. The van der Waals surface area contributed by atoms with Gasteiger partial charge < -0.3 is 15.2 Å². The largest absolute Gasteiger partial charge is 0.491 e. The van der Waals surface area contributed by atoms with E-state index >= 15 is 0 Å². The molecular weight excluding hydrogens is 398 g/mol. The van der Waals surface area contributed by atoms with Crippen LogP contribution in [-0.4, -0.2) is 51.7 Å². The molecule has 1 aliphatic heterocycles. The van der Waals surface area contributed by atoms with Gasteiger partial charge in [0, 0.05) is 30.8 Å². The third kappa shape index (κ3) is 6.26. The summed E-state index contributed by atoms with van der Waals surface area (Å²) in [6, 6.07) is 13.4. The number of β-amino-alcohol motifs (C(OH)–C–C–N with tert-alkyl or cyclic N) is 1. The van der Waals surface area contributed by atoms with Crippen molar-refractivity contribution in [2.75, 3.05) is 13.2 Å². The predicted octanol–water partition coefficient (Wildman–Crippen LogP) is 2.68. The highest BCUT2D eigenvalue weighted by atomic mass is 16.6. The molecule has 2 atom stereocenters. The molecule has 2 N–H and O–H groups in total. The molecule has 2 aromatic rings. The summed E-state index contributed by atoms with van der Waals surface area (Å²) in [6.07, 6.45) is -0.251. The Kier molecular flexibility index (Phi) is 6.92. The van der Waals surface area contributed by atoms with Crippen molar-refractivity contribution in [3.05, 3.63) is 69.8 Å². The summed E-state index contributed by atoms with van der Waals surface area (Å²) in [4.78, 5) is 25.2. The van der Waals surface area contributed by atoms with Gasteiger partial charge in [-0.05, 0) is 50.5 Å². The molecule has 8 heteroatoms. The monoisotopic (exact) mass is 427 g/mol. The van der Waals surface area contributed by atoms with Crippen molar-refractivity contribution in [1.29, 1.82) is 0 Å². The molecule has 1 aliphatic rings. The van der Waals surface area contributed by atoms with E-state index in [9.17, 15) is 20.0 Å². The lowest BCUT2D eigenvalue weighted by Crippen LogP contribution is -2.56. The van der Waals surface area contributed by atoms with E-state index in [1.165, 1.54) is 24.3 Å². The minimum absolute atomic E-state index is 0.0174. The standard InChI is InChI=1S/C23H29N3O5/c1-23(2,3)24-22(28)21-12-16-6-4-5-7-17(16)13-25(21)14-19(27)15-31-20-10-8-18(9-11-20)26(29)30/h4-11,19,21,27H,12-15H2,1-3H3,(H,24,28)/t19?,21-/m0/s1. The van der Waals surface area contributed by atoms with Crippen LogP contribution in [0, 0.1) is 10.1 Å². The van der Waals surface area contributed by atoms with Crippen LogP contribution in [0.1, 0.15) is 31.9 Å². The van der Waals surface area contributed by atoms with Crippen LogP contribution in [0.25, 0.3) is 0 Å². The third-order valence-electron chi connectivity index (χ3n) is 5.08.